The van der Waals surface area contributed by atoms with E-state index in [4.69, 9.17) is 14.7 Å². The fourth-order valence-corrected chi connectivity index (χ4v) is 2.49. The summed E-state index contributed by atoms with van der Waals surface area (Å²) < 4.78 is 49.4. The number of alkyl halides is 3. The van der Waals surface area contributed by atoms with E-state index >= 15 is 0 Å². The number of nitriles is 1. The van der Waals surface area contributed by atoms with Crippen molar-refractivity contribution in [2.75, 3.05) is 24.4 Å². The Kier molecular flexibility index (Phi) is 7.63. The third-order valence-electron chi connectivity index (χ3n) is 3.82. The first-order chi connectivity index (χ1) is 14.6. The Morgan fingerprint density at radius 1 is 1.10 bits per heavy atom. The van der Waals surface area contributed by atoms with E-state index in [9.17, 15) is 22.8 Å². The maximum Gasteiger partial charge on any atom is 0.416 e. The number of anilines is 2. The number of hydrogen-bond acceptors (Lipinski definition) is 5. The molecule has 0 saturated heterocycles. The molecule has 0 heterocycles. The van der Waals surface area contributed by atoms with Crippen LogP contribution in [0.4, 0.5) is 24.5 Å². The van der Waals surface area contributed by atoms with E-state index in [1.54, 1.807) is 18.2 Å². The van der Waals surface area contributed by atoms with Crippen molar-refractivity contribution in [2.45, 2.75) is 13.1 Å². The second-order valence-corrected chi connectivity index (χ2v) is 6.12. The first kappa shape index (κ1) is 23.3. The van der Waals surface area contributed by atoms with Gasteiger partial charge in [0.1, 0.15) is 6.07 Å². The van der Waals surface area contributed by atoms with Gasteiger partial charge < -0.3 is 20.1 Å². The van der Waals surface area contributed by atoms with Gasteiger partial charge in [-0.1, -0.05) is 6.07 Å². The lowest BCUT2D eigenvalue weighted by Crippen LogP contribution is -2.15. The smallest absolute Gasteiger partial charge is 0.416 e. The molecule has 0 aliphatic heterocycles. The molecule has 0 atom stereocenters. The molecule has 7 nitrogen and oxygen atoms in total. The average Bonchev–Trinajstić information content (AvgIpc) is 2.71. The van der Waals surface area contributed by atoms with Gasteiger partial charge in [-0.05, 0) is 42.0 Å². The van der Waals surface area contributed by atoms with Crippen molar-refractivity contribution >= 4 is 29.3 Å². The van der Waals surface area contributed by atoms with Crippen molar-refractivity contribution in [3.8, 4) is 17.6 Å². The molecule has 0 spiro atoms. The van der Waals surface area contributed by atoms with Crippen molar-refractivity contribution in [1.29, 1.82) is 5.26 Å². The van der Waals surface area contributed by atoms with Crippen LogP contribution in [-0.4, -0.2) is 25.5 Å². The maximum absolute atomic E-state index is 13.0. The van der Waals surface area contributed by atoms with Gasteiger partial charge in [0.15, 0.2) is 18.1 Å². The Balaban J connectivity index is 2.22. The van der Waals surface area contributed by atoms with Crippen LogP contribution < -0.4 is 20.1 Å². The summed E-state index contributed by atoms with van der Waals surface area (Å²) in [6, 6.07) is 9.15. The summed E-state index contributed by atoms with van der Waals surface area (Å²) in [5, 5.41) is 13.3. The SMILES string of the molecule is COc1cc(/C=C\C(=O)Nc2cc(C(F)(F)F)ccc2NC(C)=O)ccc1OCC#N. The second-order valence-electron chi connectivity index (χ2n) is 6.12. The zero-order chi connectivity index (χ0) is 23.0. The predicted molar refractivity (Wildman–Crippen MR) is 108 cm³/mol. The summed E-state index contributed by atoms with van der Waals surface area (Å²) in [5.74, 6) is -0.538. The molecule has 2 amide bonds. The summed E-state index contributed by atoms with van der Waals surface area (Å²) in [4.78, 5) is 23.6. The van der Waals surface area contributed by atoms with Gasteiger partial charge in [0.05, 0.1) is 24.0 Å². The number of benzene rings is 2. The van der Waals surface area contributed by atoms with Gasteiger partial charge in [0.2, 0.25) is 11.8 Å². The Bertz CT molecular complexity index is 1040. The Hall–Kier alpha value is -4.00. The fourth-order valence-electron chi connectivity index (χ4n) is 2.49. The Morgan fingerprint density at radius 3 is 2.45 bits per heavy atom. The van der Waals surface area contributed by atoms with Gasteiger partial charge in [-0.15, -0.1) is 0 Å². The van der Waals surface area contributed by atoms with Gasteiger partial charge in [-0.25, -0.2) is 0 Å². The summed E-state index contributed by atoms with van der Waals surface area (Å²) in [7, 11) is 1.41. The van der Waals surface area contributed by atoms with E-state index in [-0.39, 0.29) is 18.0 Å². The van der Waals surface area contributed by atoms with E-state index in [0.29, 0.717) is 17.1 Å². The minimum Gasteiger partial charge on any atom is -0.493 e. The van der Waals surface area contributed by atoms with E-state index in [2.05, 4.69) is 10.6 Å². The quantitative estimate of drug-likeness (QED) is 0.637. The van der Waals surface area contributed by atoms with Crippen molar-refractivity contribution in [2.24, 2.45) is 0 Å². The standard InChI is InChI=1S/C21H18F3N3O4/c1-13(28)26-16-6-5-15(21(22,23)24)12-17(16)27-20(29)8-4-14-3-7-18(31-10-9-25)19(11-14)30-2/h3-8,11-12H,10H2,1-2H3,(H,26,28)(H,27,29)/b8-4-. The van der Waals surface area contributed by atoms with Crippen LogP contribution in [0.15, 0.2) is 42.5 Å². The summed E-state index contributed by atoms with van der Waals surface area (Å²) in [6.07, 6.45) is -2.09. The largest absolute Gasteiger partial charge is 0.493 e. The molecule has 2 N–H and O–H groups in total. The highest BCUT2D eigenvalue weighted by Crippen LogP contribution is 2.34. The number of rotatable bonds is 7. The second kappa shape index (κ2) is 10.2. The number of halogens is 3. The number of nitrogens with zero attached hydrogens (tertiary/aromatic N) is 1. The first-order valence-corrected chi connectivity index (χ1v) is 8.79. The monoisotopic (exact) mass is 433 g/mol. The normalized spacial score (nSPS) is 11.0. The zero-order valence-electron chi connectivity index (χ0n) is 16.5. The average molecular weight is 433 g/mol. The number of carbonyl (C=O) groups is 2. The fraction of sp³-hybridized carbons (Fsp3) is 0.190. The summed E-state index contributed by atoms with van der Waals surface area (Å²) in [5.41, 5.74) is -0.596. The van der Waals surface area contributed by atoms with Crippen LogP contribution in [0.2, 0.25) is 0 Å². The van der Waals surface area contributed by atoms with Crippen molar-refractivity contribution < 1.29 is 32.2 Å². The molecule has 0 saturated carbocycles. The highest BCUT2D eigenvalue weighted by atomic mass is 19.4. The highest BCUT2D eigenvalue weighted by molar-refractivity contribution is 6.05. The highest BCUT2D eigenvalue weighted by Gasteiger charge is 2.31. The lowest BCUT2D eigenvalue weighted by molar-refractivity contribution is -0.137. The summed E-state index contributed by atoms with van der Waals surface area (Å²) in [6.45, 7) is 1.03. The van der Waals surface area contributed by atoms with Crippen molar-refractivity contribution in [1.82, 2.24) is 0 Å². The number of nitrogens with one attached hydrogen (secondary N) is 2. The number of methoxy groups -OCH3 is 1. The molecule has 0 bridgehead atoms. The molecule has 0 aliphatic rings. The van der Waals surface area contributed by atoms with Crippen LogP contribution in [-0.2, 0) is 15.8 Å². The Labute approximate surface area is 176 Å². The van der Waals surface area contributed by atoms with Gasteiger partial charge in [-0.2, -0.15) is 18.4 Å². The van der Waals surface area contributed by atoms with E-state index < -0.39 is 23.6 Å². The summed E-state index contributed by atoms with van der Waals surface area (Å²) >= 11 is 0. The molecule has 0 fully saturated rings. The number of hydrogen-bond donors (Lipinski definition) is 2. The van der Waals surface area contributed by atoms with Gasteiger partial charge in [-0.3, -0.25) is 9.59 Å². The van der Waals surface area contributed by atoms with Crippen molar-refractivity contribution in [3.05, 3.63) is 53.6 Å². The topological polar surface area (TPSA) is 100 Å². The first-order valence-electron chi connectivity index (χ1n) is 8.79. The third kappa shape index (κ3) is 6.78. The minimum absolute atomic E-state index is 0.0305. The van der Waals surface area contributed by atoms with Crippen LogP contribution in [0.3, 0.4) is 0 Å². The van der Waals surface area contributed by atoms with Gasteiger partial charge >= 0.3 is 6.18 Å². The molecule has 10 heteroatoms. The molecular formula is C21H18F3N3O4. The van der Waals surface area contributed by atoms with Crippen LogP contribution in [0, 0.1) is 11.3 Å². The molecule has 162 valence electrons. The molecular weight excluding hydrogens is 415 g/mol. The number of amides is 2. The van der Waals surface area contributed by atoms with Crippen LogP contribution in [0.1, 0.15) is 18.1 Å². The predicted octanol–water partition coefficient (Wildman–Crippen LogP) is 4.23. The lowest BCUT2D eigenvalue weighted by atomic mass is 10.1. The number of ether oxygens (including phenoxy) is 2. The maximum atomic E-state index is 13.0. The minimum atomic E-state index is -4.62. The number of carbonyl (C=O) groups excluding carboxylic acids is 2. The van der Waals surface area contributed by atoms with E-state index in [1.807, 2.05) is 6.07 Å². The molecule has 0 aliphatic carbocycles. The molecule has 2 aromatic carbocycles. The van der Waals surface area contributed by atoms with Crippen LogP contribution in [0.5, 0.6) is 11.5 Å². The van der Waals surface area contributed by atoms with Crippen molar-refractivity contribution in [3.63, 3.8) is 0 Å². The lowest BCUT2D eigenvalue weighted by Gasteiger charge is -2.14. The molecule has 0 unspecified atom stereocenters. The third-order valence-corrected chi connectivity index (χ3v) is 3.82. The van der Waals surface area contributed by atoms with Crippen LogP contribution >= 0.6 is 0 Å². The van der Waals surface area contributed by atoms with Gasteiger partial charge in [0.25, 0.3) is 0 Å². The van der Waals surface area contributed by atoms with Gasteiger partial charge in [0, 0.05) is 13.0 Å². The van der Waals surface area contributed by atoms with E-state index in [0.717, 1.165) is 24.3 Å². The Morgan fingerprint density at radius 2 is 1.84 bits per heavy atom. The zero-order valence-corrected chi connectivity index (χ0v) is 16.5. The van der Waals surface area contributed by atoms with E-state index in [1.165, 1.54) is 20.1 Å². The molecule has 2 rings (SSSR count). The molecule has 2 aromatic rings. The molecule has 31 heavy (non-hydrogen) atoms. The molecule has 0 radical (unpaired) electrons. The molecule has 0 aromatic heterocycles. The van der Waals surface area contributed by atoms with Crippen LogP contribution in [0.25, 0.3) is 6.08 Å².